The maximum atomic E-state index is 13.0. The van der Waals surface area contributed by atoms with Gasteiger partial charge in [-0.3, -0.25) is 23.6 Å². The fourth-order valence-electron chi connectivity index (χ4n) is 4.05. The second-order valence-electron chi connectivity index (χ2n) is 7.42. The minimum Gasteiger partial charge on any atom is -0.486 e. The molecule has 4 rings (SSSR count). The summed E-state index contributed by atoms with van der Waals surface area (Å²) in [5, 5.41) is 0. The van der Waals surface area contributed by atoms with E-state index in [0.29, 0.717) is 19.0 Å². The Morgan fingerprint density at radius 3 is 2.62 bits per heavy atom. The zero-order valence-electron chi connectivity index (χ0n) is 16.5. The standard InChI is InChI=1S/C20H24N4O5/c1-22-18(21)17(19(26)23(2)20(22)27)14(25)11-24-7-3-4-13(24)12-5-6-15-16(10-12)29-9-8-28-15/h5-6,10,13H,3-4,7-9,11,21H2,1-2H3/t13-/m1/s1. The van der Waals surface area contributed by atoms with Crippen molar-refractivity contribution in [2.24, 2.45) is 14.1 Å². The van der Waals surface area contributed by atoms with E-state index in [1.165, 1.54) is 14.1 Å². The lowest BCUT2D eigenvalue weighted by Crippen LogP contribution is -2.43. The highest BCUT2D eigenvalue weighted by molar-refractivity contribution is 6.01. The molecule has 0 amide bonds. The smallest absolute Gasteiger partial charge is 0.332 e. The van der Waals surface area contributed by atoms with Crippen molar-refractivity contribution in [2.45, 2.75) is 18.9 Å². The minimum atomic E-state index is -0.661. The predicted molar refractivity (Wildman–Crippen MR) is 107 cm³/mol. The van der Waals surface area contributed by atoms with Crippen molar-refractivity contribution in [2.75, 3.05) is 32.0 Å². The largest absolute Gasteiger partial charge is 0.486 e. The number of anilines is 1. The average molecular weight is 400 g/mol. The van der Waals surface area contributed by atoms with E-state index in [4.69, 9.17) is 15.2 Å². The summed E-state index contributed by atoms with van der Waals surface area (Å²) in [5.41, 5.74) is 5.62. The van der Waals surface area contributed by atoms with Gasteiger partial charge in [-0.05, 0) is 37.1 Å². The van der Waals surface area contributed by atoms with Crippen molar-refractivity contribution in [1.29, 1.82) is 0 Å². The first-order valence-electron chi connectivity index (χ1n) is 9.60. The van der Waals surface area contributed by atoms with Crippen LogP contribution in [0.25, 0.3) is 0 Å². The molecule has 0 radical (unpaired) electrons. The summed E-state index contributed by atoms with van der Waals surface area (Å²) in [4.78, 5) is 39.5. The fraction of sp³-hybridized carbons (Fsp3) is 0.450. The molecule has 0 saturated carbocycles. The van der Waals surface area contributed by atoms with Gasteiger partial charge in [-0.1, -0.05) is 6.07 Å². The summed E-state index contributed by atoms with van der Waals surface area (Å²) >= 11 is 0. The normalized spacial score (nSPS) is 18.8. The number of carbonyl (C=O) groups is 1. The second-order valence-corrected chi connectivity index (χ2v) is 7.42. The summed E-state index contributed by atoms with van der Waals surface area (Å²) in [6.07, 6.45) is 1.83. The molecule has 1 fully saturated rings. The molecule has 2 aliphatic rings. The number of fused-ring (bicyclic) bond motifs is 1. The SMILES string of the molecule is Cn1c(N)c(C(=O)CN2CCC[C@@H]2c2ccc3c(c2)OCCO3)c(=O)n(C)c1=O. The topological polar surface area (TPSA) is 109 Å². The molecule has 1 saturated heterocycles. The Hall–Kier alpha value is -3.07. The van der Waals surface area contributed by atoms with Crippen LogP contribution in [0.15, 0.2) is 27.8 Å². The number of ketones is 1. The van der Waals surface area contributed by atoms with Gasteiger partial charge in [-0.2, -0.15) is 0 Å². The lowest BCUT2D eigenvalue weighted by atomic mass is 10.0. The molecule has 3 heterocycles. The van der Waals surface area contributed by atoms with E-state index in [0.717, 1.165) is 39.8 Å². The van der Waals surface area contributed by atoms with Crippen molar-refractivity contribution in [3.8, 4) is 11.5 Å². The third-order valence-corrected chi connectivity index (χ3v) is 5.65. The summed E-state index contributed by atoms with van der Waals surface area (Å²) < 4.78 is 13.3. The molecule has 2 aromatic rings. The van der Waals surface area contributed by atoms with Gasteiger partial charge in [0.15, 0.2) is 17.3 Å². The van der Waals surface area contributed by atoms with E-state index < -0.39 is 11.2 Å². The van der Waals surface area contributed by atoms with E-state index in [9.17, 15) is 14.4 Å². The van der Waals surface area contributed by atoms with Crippen LogP contribution in [0, 0.1) is 0 Å². The van der Waals surface area contributed by atoms with Gasteiger partial charge in [-0.15, -0.1) is 0 Å². The Labute approximate surface area is 167 Å². The first-order chi connectivity index (χ1) is 13.9. The van der Waals surface area contributed by atoms with E-state index in [1.807, 2.05) is 23.1 Å². The lowest BCUT2D eigenvalue weighted by Gasteiger charge is -2.26. The van der Waals surface area contributed by atoms with Crippen molar-refractivity contribution >= 4 is 11.6 Å². The third-order valence-electron chi connectivity index (χ3n) is 5.65. The molecule has 154 valence electrons. The molecule has 0 spiro atoms. The Morgan fingerprint density at radius 2 is 1.86 bits per heavy atom. The van der Waals surface area contributed by atoms with E-state index in [-0.39, 0.29) is 29.8 Å². The van der Waals surface area contributed by atoms with E-state index in [1.54, 1.807) is 0 Å². The molecule has 1 atom stereocenters. The van der Waals surface area contributed by atoms with Gasteiger partial charge in [0.1, 0.15) is 24.6 Å². The monoisotopic (exact) mass is 400 g/mol. The molecule has 2 aliphatic heterocycles. The maximum absolute atomic E-state index is 13.0. The number of aromatic nitrogens is 2. The number of hydrogen-bond donors (Lipinski definition) is 1. The molecular weight excluding hydrogens is 376 g/mol. The van der Waals surface area contributed by atoms with E-state index in [2.05, 4.69) is 0 Å². The Morgan fingerprint density at radius 1 is 1.14 bits per heavy atom. The lowest BCUT2D eigenvalue weighted by molar-refractivity contribution is 0.0919. The van der Waals surface area contributed by atoms with Crippen LogP contribution in [0.5, 0.6) is 11.5 Å². The van der Waals surface area contributed by atoms with Crippen LogP contribution in [0.3, 0.4) is 0 Å². The maximum Gasteiger partial charge on any atom is 0.332 e. The number of carbonyl (C=O) groups excluding carboxylic acids is 1. The zero-order chi connectivity index (χ0) is 20.7. The summed E-state index contributed by atoms with van der Waals surface area (Å²) in [5.74, 6) is 0.950. The highest BCUT2D eigenvalue weighted by Gasteiger charge is 2.31. The van der Waals surface area contributed by atoms with Crippen molar-refractivity contribution in [1.82, 2.24) is 14.0 Å². The van der Waals surface area contributed by atoms with Gasteiger partial charge >= 0.3 is 5.69 Å². The van der Waals surface area contributed by atoms with Crippen LogP contribution in [0.2, 0.25) is 0 Å². The highest BCUT2D eigenvalue weighted by atomic mass is 16.6. The van der Waals surface area contributed by atoms with Crippen LogP contribution in [-0.4, -0.2) is 46.1 Å². The molecule has 0 aliphatic carbocycles. The summed E-state index contributed by atoms with van der Waals surface area (Å²) in [6.45, 7) is 1.83. The third kappa shape index (κ3) is 3.31. The van der Waals surface area contributed by atoms with Gasteiger partial charge in [0.05, 0.1) is 6.54 Å². The van der Waals surface area contributed by atoms with Crippen LogP contribution in [0.1, 0.15) is 34.8 Å². The fourth-order valence-corrected chi connectivity index (χ4v) is 4.05. The molecule has 0 unspecified atom stereocenters. The van der Waals surface area contributed by atoms with Gasteiger partial charge in [-0.25, -0.2) is 4.79 Å². The molecule has 9 heteroatoms. The predicted octanol–water partition coefficient (Wildman–Crippen LogP) is 0.457. The van der Waals surface area contributed by atoms with Crippen LogP contribution < -0.4 is 26.5 Å². The van der Waals surface area contributed by atoms with Crippen LogP contribution in [0.4, 0.5) is 5.82 Å². The van der Waals surface area contributed by atoms with Crippen molar-refractivity contribution in [3.05, 3.63) is 50.2 Å². The first-order valence-corrected chi connectivity index (χ1v) is 9.60. The van der Waals surface area contributed by atoms with E-state index >= 15 is 0 Å². The number of Topliss-reactive ketones (excluding diaryl/α,β-unsaturated/α-hetero) is 1. The Bertz CT molecular complexity index is 1090. The van der Waals surface area contributed by atoms with Gasteiger partial charge in [0, 0.05) is 20.1 Å². The Balaban J connectivity index is 1.61. The number of nitrogens with two attached hydrogens (primary N) is 1. The number of rotatable bonds is 4. The molecule has 2 N–H and O–H groups in total. The molecular formula is C20H24N4O5. The number of nitrogens with zero attached hydrogens (tertiary/aromatic N) is 3. The molecule has 1 aromatic carbocycles. The summed E-state index contributed by atoms with van der Waals surface area (Å²) in [7, 11) is 2.79. The van der Waals surface area contributed by atoms with Gasteiger partial charge in [0.25, 0.3) is 5.56 Å². The number of nitrogen functional groups attached to an aromatic ring is 1. The van der Waals surface area contributed by atoms with Crippen LogP contribution >= 0.6 is 0 Å². The first kappa shape index (κ1) is 19.3. The molecule has 1 aromatic heterocycles. The second kappa shape index (κ2) is 7.40. The van der Waals surface area contributed by atoms with Gasteiger partial charge < -0.3 is 15.2 Å². The van der Waals surface area contributed by atoms with Crippen molar-refractivity contribution < 1.29 is 14.3 Å². The highest BCUT2D eigenvalue weighted by Crippen LogP contribution is 2.38. The van der Waals surface area contributed by atoms with Gasteiger partial charge in [0.2, 0.25) is 0 Å². The zero-order valence-corrected chi connectivity index (χ0v) is 16.5. The number of likely N-dealkylation sites (tertiary alicyclic amines) is 1. The quantitative estimate of drug-likeness (QED) is 0.743. The Kier molecular flexibility index (Phi) is 4.91. The van der Waals surface area contributed by atoms with Crippen LogP contribution in [-0.2, 0) is 14.1 Å². The molecule has 29 heavy (non-hydrogen) atoms. The summed E-state index contributed by atoms with van der Waals surface area (Å²) in [6, 6.07) is 5.87. The minimum absolute atomic E-state index is 0.0346. The number of hydrogen-bond acceptors (Lipinski definition) is 7. The van der Waals surface area contributed by atoms with Crippen molar-refractivity contribution in [3.63, 3.8) is 0 Å². The molecule has 9 nitrogen and oxygen atoms in total. The number of benzene rings is 1. The number of ether oxygens (including phenoxy) is 2. The average Bonchev–Trinajstić information content (AvgIpc) is 3.18. The molecule has 0 bridgehead atoms.